The van der Waals surface area contributed by atoms with Gasteiger partial charge in [-0.2, -0.15) is 0 Å². The van der Waals surface area contributed by atoms with Crippen LogP contribution in [-0.4, -0.2) is 4.89 Å². The first-order valence-electron chi connectivity index (χ1n) is 3.57. The molecule has 0 aliphatic rings. The fraction of sp³-hybridized carbons (Fsp3) is 0.250. The van der Waals surface area contributed by atoms with Crippen LogP contribution in [0.1, 0.15) is 11.1 Å². The van der Waals surface area contributed by atoms with Crippen LogP contribution in [0.3, 0.4) is 0 Å². The van der Waals surface area contributed by atoms with Gasteiger partial charge in [0.2, 0.25) is 0 Å². The summed E-state index contributed by atoms with van der Waals surface area (Å²) in [5, 5.41) is 0. The molecule has 1 N–H and O–H groups in total. The van der Waals surface area contributed by atoms with E-state index in [0.29, 0.717) is 5.75 Å². The quantitative estimate of drug-likeness (QED) is 0.719. The van der Waals surface area contributed by atoms with Crippen molar-refractivity contribution in [1.82, 2.24) is 0 Å². The van der Waals surface area contributed by atoms with Gasteiger partial charge in [0.25, 0.3) is 0 Å². The molecule has 1 atom stereocenters. The second kappa shape index (κ2) is 3.74. The summed E-state index contributed by atoms with van der Waals surface area (Å²) in [6, 6.07) is 5.44. The van der Waals surface area contributed by atoms with Gasteiger partial charge in [0.05, 0.1) is 0 Å². The molecule has 0 amide bonds. The third-order valence-electron chi connectivity index (χ3n) is 1.53. The third kappa shape index (κ3) is 2.36. The molecule has 0 radical (unpaired) electrons. The first kappa shape index (κ1) is 9.30. The highest BCUT2D eigenvalue weighted by atomic mass is 31.1. The highest BCUT2D eigenvalue weighted by Gasteiger charge is 2.00. The Kier molecular flexibility index (Phi) is 2.90. The van der Waals surface area contributed by atoms with Crippen LogP contribution in [0, 0.1) is 13.8 Å². The fourth-order valence-corrected chi connectivity index (χ4v) is 1.43. The number of aryl methyl sites for hydroxylation is 2. The lowest BCUT2D eigenvalue weighted by molar-refractivity contribution is 0.409. The number of hydrogen-bond acceptors (Lipinski definition) is 2. The molecule has 0 heterocycles. The summed E-state index contributed by atoms with van der Waals surface area (Å²) in [6.45, 7) is 3.80. The van der Waals surface area contributed by atoms with Gasteiger partial charge in [-0.3, -0.25) is 0 Å². The van der Waals surface area contributed by atoms with Gasteiger partial charge in [-0.15, -0.1) is 0 Å². The molecule has 0 spiro atoms. The molecule has 1 aromatic rings. The van der Waals surface area contributed by atoms with Crippen molar-refractivity contribution in [3.8, 4) is 5.75 Å². The number of hydrogen-bond donors (Lipinski definition) is 1. The van der Waals surface area contributed by atoms with Gasteiger partial charge in [0.1, 0.15) is 5.75 Å². The van der Waals surface area contributed by atoms with Crippen LogP contribution in [0.25, 0.3) is 0 Å². The van der Waals surface area contributed by atoms with Crippen LogP contribution in [-0.2, 0) is 4.57 Å². The molecule has 0 saturated carbocycles. The zero-order valence-corrected chi connectivity index (χ0v) is 8.00. The summed E-state index contributed by atoms with van der Waals surface area (Å²) in [5.74, 6) is 0.479. The molecule has 0 aromatic heterocycles. The monoisotopic (exact) mass is 186 g/mol. The first-order chi connectivity index (χ1) is 5.59. The van der Waals surface area contributed by atoms with Gasteiger partial charge in [0.15, 0.2) is 0 Å². The topological polar surface area (TPSA) is 46.5 Å². The Labute approximate surface area is 71.9 Å². The molecule has 0 bridgehead atoms. The van der Waals surface area contributed by atoms with E-state index in [1.54, 1.807) is 6.07 Å². The standard InChI is InChI=1S/C8H11O3P/c1-6-3-4-8(7(2)5-6)11-12(9)10/h3-5,12H,1-2H3,(H,9,10). The molecule has 4 heteroatoms. The minimum Gasteiger partial charge on any atom is -0.426 e. The fourth-order valence-electron chi connectivity index (χ4n) is 1.01. The average molecular weight is 186 g/mol. The molecule has 12 heavy (non-hydrogen) atoms. The Balaban J connectivity index is 2.93. The zero-order valence-electron chi connectivity index (χ0n) is 7.00. The maximum Gasteiger partial charge on any atom is 0.365 e. The SMILES string of the molecule is Cc1ccc(O[PH](=O)O)c(C)c1. The van der Waals surface area contributed by atoms with Gasteiger partial charge in [-0.05, 0) is 25.5 Å². The van der Waals surface area contributed by atoms with Crippen molar-refractivity contribution in [3.63, 3.8) is 0 Å². The summed E-state index contributed by atoms with van der Waals surface area (Å²) in [5.41, 5.74) is 1.99. The minimum absolute atomic E-state index is 0.479. The van der Waals surface area contributed by atoms with Crippen molar-refractivity contribution in [3.05, 3.63) is 29.3 Å². The van der Waals surface area contributed by atoms with Crippen LogP contribution in [0.15, 0.2) is 18.2 Å². The summed E-state index contributed by atoms with van der Waals surface area (Å²) in [6.07, 6.45) is 0. The van der Waals surface area contributed by atoms with E-state index < -0.39 is 8.25 Å². The molecule has 0 aliphatic heterocycles. The highest BCUT2D eigenvalue weighted by Crippen LogP contribution is 2.26. The maximum absolute atomic E-state index is 10.4. The second-order valence-electron chi connectivity index (χ2n) is 2.64. The minimum atomic E-state index is -2.87. The number of benzene rings is 1. The molecule has 1 rings (SSSR count). The van der Waals surface area contributed by atoms with E-state index in [2.05, 4.69) is 0 Å². The predicted molar refractivity (Wildman–Crippen MR) is 47.8 cm³/mol. The summed E-state index contributed by atoms with van der Waals surface area (Å²) in [7, 11) is -2.87. The van der Waals surface area contributed by atoms with E-state index in [1.807, 2.05) is 26.0 Å². The Bertz CT molecular complexity index is 309. The summed E-state index contributed by atoms with van der Waals surface area (Å²) in [4.78, 5) is 8.52. The average Bonchev–Trinajstić information content (AvgIpc) is 1.94. The molecule has 0 aliphatic carbocycles. The molecule has 0 saturated heterocycles. The Morgan fingerprint density at radius 2 is 2.08 bits per heavy atom. The molecule has 1 unspecified atom stereocenters. The van der Waals surface area contributed by atoms with E-state index in [-0.39, 0.29) is 0 Å². The largest absolute Gasteiger partial charge is 0.426 e. The van der Waals surface area contributed by atoms with Crippen molar-refractivity contribution in [2.24, 2.45) is 0 Å². The van der Waals surface area contributed by atoms with Crippen molar-refractivity contribution in [2.75, 3.05) is 0 Å². The van der Waals surface area contributed by atoms with Crippen LogP contribution in [0.2, 0.25) is 0 Å². The number of rotatable bonds is 2. The Morgan fingerprint density at radius 1 is 1.42 bits per heavy atom. The zero-order chi connectivity index (χ0) is 9.14. The van der Waals surface area contributed by atoms with Gasteiger partial charge >= 0.3 is 8.25 Å². The van der Waals surface area contributed by atoms with Gasteiger partial charge in [0, 0.05) is 0 Å². The molecule has 0 fully saturated rings. The second-order valence-corrected chi connectivity index (χ2v) is 3.37. The lowest BCUT2D eigenvalue weighted by Gasteiger charge is -2.05. The van der Waals surface area contributed by atoms with Crippen LogP contribution < -0.4 is 4.52 Å². The van der Waals surface area contributed by atoms with Crippen molar-refractivity contribution < 1.29 is 14.0 Å². The Hall–Kier alpha value is -0.790. The lowest BCUT2D eigenvalue weighted by atomic mass is 10.1. The molecule has 1 aromatic carbocycles. The maximum atomic E-state index is 10.4. The van der Waals surface area contributed by atoms with Gasteiger partial charge in [-0.25, -0.2) is 4.57 Å². The molecule has 66 valence electrons. The summed E-state index contributed by atoms with van der Waals surface area (Å²) >= 11 is 0. The summed E-state index contributed by atoms with van der Waals surface area (Å²) < 4.78 is 15.1. The van der Waals surface area contributed by atoms with Gasteiger partial charge < -0.3 is 9.42 Å². The van der Waals surface area contributed by atoms with Gasteiger partial charge in [-0.1, -0.05) is 17.7 Å². The van der Waals surface area contributed by atoms with Crippen molar-refractivity contribution in [2.45, 2.75) is 13.8 Å². The van der Waals surface area contributed by atoms with E-state index in [4.69, 9.17) is 9.42 Å². The third-order valence-corrected chi connectivity index (χ3v) is 1.92. The van der Waals surface area contributed by atoms with Crippen LogP contribution in [0.4, 0.5) is 0 Å². The van der Waals surface area contributed by atoms with Crippen LogP contribution >= 0.6 is 8.25 Å². The van der Waals surface area contributed by atoms with E-state index in [0.717, 1.165) is 11.1 Å². The predicted octanol–water partition coefficient (Wildman–Crippen LogP) is 2.06. The Morgan fingerprint density at radius 3 is 2.58 bits per heavy atom. The van der Waals surface area contributed by atoms with E-state index in [9.17, 15) is 4.57 Å². The molecule has 3 nitrogen and oxygen atoms in total. The lowest BCUT2D eigenvalue weighted by Crippen LogP contribution is -1.85. The highest BCUT2D eigenvalue weighted by molar-refractivity contribution is 7.32. The normalized spacial score (nSPS) is 12.6. The van der Waals surface area contributed by atoms with E-state index >= 15 is 0 Å². The van der Waals surface area contributed by atoms with E-state index in [1.165, 1.54) is 0 Å². The van der Waals surface area contributed by atoms with Crippen molar-refractivity contribution in [1.29, 1.82) is 0 Å². The van der Waals surface area contributed by atoms with Crippen molar-refractivity contribution >= 4 is 8.25 Å². The first-order valence-corrected chi connectivity index (χ1v) is 4.84. The smallest absolute Gasteiger partial charge is 0.365 e. The molecular formula is C8H11O3P. The molecular weight excluding hydrogens is 175 g/mol. The van der Waals surface area contributed by atoms with Crippen LogP contribution in [0.5, 0.6) is 5.75 Å².